The SMILES string of the molecule is C[C@H](NC(=O)c1cc(OC(F)(F)F)cc(OC(F)(F)F)c1)c1nc(C2CC2)nn1-c1cc(C(N)=O)ncn1. The molecule has 2 aromatic heterocycles. The second-order valence-electron chi connectivity index (χ2n) is 8.12. The summed E-state index contributed by atoms with van der Waals surface area (Å²) in [6, 6.07) is 1.79. The molecular formula is C21H17F6N7O4. The van der Waals surface area contributed by atoms with E-state index < -0.39 is 47.6 Å². The van der Waals surface area contributed by atoms with Crippen molar-refractivity contribution in [3.05, 3.63) is 53.5 Å². The number of aromatic nitrogens is 5. The maximum Gasteiger partial charge on any atom is 0.573 e. The molecule has 1 aliphatic carbocycles. The highest BCUT2D eigenvalue weighted by Gasteiger charge is 2.35. The van der Waals surface area contributed by atoms with Gasteiger partial charge in [-0.15, -0.1) is 31.4 Å². The van der Waals surface area contributed by atoms with Crippen molar-refractivity contribution >= 4 is 11.8 Å². The first kappa shape index (κ1) is 26.6. The van der Waals surface area contributed by atoms with Gasteiger partial charge in [-0.25, -0.2) is 15.0 Å². The van der Waals surface area contributed by atoms with Crippen LogP contribution in [0.25, 0.3) is 5.82 Å². The van der Waals surface area contributed by atoms with Crippen LogP contribution >= 0.6 is 0 Å². The quantitative estimate of drug-likeness (QED) is 0.410. The number of alkyl halides is 6. The Labute approximate surface area is 209 Å². The van der Waals surface area contributed by atoms with Crippen LogP contribution in [0.4, 0.5) is 26.3 Å². The minimum Gasteiger partial charge on any atom is -0.406 e. The summed E-state index contributed by atoms with van der Waals surface area (Å²) >= 11 is 0. The van der Waals surface area contributed by atoms with Crippen LogP contribution in [0.5, 0.6) is 11.5 Å². The highest BCUT2D eigenvalue weighted by molar-refractivity contribution is 5.95. The number of nitrogens with one attached hydrogen (secondary N) is 1. The zero-order valence-corrected chi connectivity index (χ0v) is 19.2. The van der Waals surface area contributed by atoms with Gasteiger partial charge in [-0.3, -0.25) is 9.59 Å². The molecule has 1 aliphatic rings. The topological polar surface area (TPSA) is 147 Å². The smallest absolute Gasteiger partial charge is 0.406 e. The molecule has 0 bridgehead atoms. The number of hydrogen-bond donors (Lipinski definition) is 2. The molecule has 2 heterocycles. The van der Waals surface area contributed by atoms with Gasteiger partial charge in [-0.1, -0.05) is 0 Å². The Hall–Kier alpha value is -4.44. The Kier molecular flexibility index (Phi) is 6.86. The van der Waals surface area contributed by atoms with E-state index in [4.69, 9.17) is 5.73 Å². The molecule has 17 heteroatoms. The van der Waals surface area contributed by atoms with Gasteiger partial charge < -0.3 is 20.5 Å². The van der Waals surface area contributed by atoms with E-state index in [9.17, 15) is 35.9 Å². The molecule has 0 aliphatic heterocycles. The Bertz CT molecular complexity index is 1340. The zero-order valence-electron chi connectivity index (χ0n) is 19.2. The number of rotatable bonds is 8. The minimum absolute atomic E-state index is 0.0497. The van der Waals surface area contributed by atoms with Gasteiger partial charge in [0.25, 0.3) is 11.8 Å². The summed E-state index contributed by atoms with van der Waals surface area (Å²) < 4.78 is 84.7. The van der Waals surface area contributed by atoms with Crippen LogP contribution in [0.3, 0.4) is 0 Å². The van der Waals surface area contributed by atoms with Crippen molar-refractivity contribution in [2.45, 2.75) is 44.4 Å². The monoisotopic (exact) mass is 545 g/mol. The van der Waals surface area contributed by atoms with Crippen molar-refractivity contribution in [1.82, 2.24) is 30.0 Å². The van der Waals surface area contributed by atoms with E-state index in [-0.39, 0.29) is 23.3 Å². The van der Waals surface area contributed by atoms with E-state index >= 15 is 0 Å². The molecule has 1 aromatic carbocycles. The molecule has 1 fully saturated rings. The second kappa shape index (κ2) is 9.79. The summed E-state index contributed by atoms with van der Waals surface area (Å²) in [5.41, 5.74) is 4.51. The van der Waals surface area contributed by atoms with Gasteiger partial charge in [0.05, 0.1) is 6.04 Å². The molecule has 3 N–H and O–H groups in total. The van der Waals surface area contributed by atoms with Crippen LogP contribution in [0.15, 0.2) is 30.6 Å². The third kappa shape index (κ3) is 6.65. The molecule has 4 rings (SSSR count). The van der Waals surface area contributed by atoms with Gasteiger partial charge in [-0.05, 0) is 31.9 Å². The molecule has 0 radical (unpaired) electrons. The van der Waals surface area contributed by atoms with E-state index in [0.29, 0.717) is 24.0 Å². The highest BCUT2D eigenvalue weighted by Crippen LogP contribution is 2.39. The average molecular weight is 545 g/mol. The molecule has 1 atom stereocenters. The number of carbonyl (C=O) groups is 2. The van der Waals surface area contributed by atoms with Crippen molar-refractivity contribution in [2.75, 3.05) is 0 Å². The first-order chi connectivity index (χ1) is 17.7. The summed E-state index contributed by atoms with van der Waals surface area (Å²) in [6.45, 7) is 1.45. The third-order valence-corrected chi connectivity index (χ3v) is 5.06. The summed E-state index contributed by atoms with van der Waals surface area (Å²) in [6.07, 6.45) is -7.79. The van der Waals surface area contributed by atoms with E-state index in [0.717, 1.165) is 19.2 Å². The Balaban J connectivity index is 1.65. The predicted octanol–water partition coefficient (Wildman–Crippen LogP) is 3.32. The largest absolute Gasteiger partial charge is 0.573 e. The number of carbonyl (C=O) groups excluding carboxylic acids is 2. The summed E-state index contributed by atoms with van der Waals surface area (Å²) in [5, 5.41) is 6.82. The molecule has 3 aromatic rings. The summed E-state index contributed by atoms with van der Waals surface area (Å²) in [5.74, 6) is -3.44. The number of amides is 2. The highest BCUT2D eigenvalue weighted by atomic mass is 19.4. The van der Waals surface area contributed by atoms with Crippen LogP contribution in [0, 0.1) is 0 Å². The molecule has 38 heavy (non-hydrogen) atoms. The van der Waals surface area contributed by atoms with E-state index in [1.54, 1.807) is 0 Å². The lowest BCUT2D eigenvalue weighted by Gasteiger charge is -2.17. The average Bonchev–Trinajstić information content (AvgIpc) is 3.54. The molecule has 11 nitrogen and oxygen atoms in total. The lowest BCUT2D eigenvalue weighted by molar-refractivity contribution is -0.276. The van der Waals surface area contributed by atoms with Crippen molar-refractivity contribution in [1.29, 1.82) is 0 Å². The van der Waals surface area contributed by atoms with Gasteiger partial charge in [0, 0.05) is 23.6 Å². The Morgan fingerprint density at radius 3 is 2.16 bits per heavy atom. The van der Waals surface area contributed by atoms with Crippen molar-refractivity contribution in [3.63, 3.8) is 0 Å². The van der Waals surface area contributed by atoms with Gasteiger partial charge in [0.15, 0.2) is 17.5 Å². The maximum absolute atomic E-state index is 12.9. The van der Waals surface area contributed by atoms with E-state index in [1.165, 1.54) is 17.7 Å². The minimum atomic E-state index is -5.24. The number of ether oxygens (including phenoxy) is 2. The van der Waals surface area contributed by atoms with Crippen molar-refractivity contribution in [3.8, 4) is 17.3 Å². The van der Waals surface area contributed by atoms with Crippen LogP contribution in [0.1, 0.15) is 64.2 Å². The third-order valence-electron chi connectivity index (χ3n) is 5.06. The summed E-state index contributed by atoms with van der Waals surface area (Å²) in [4.78, 5) is 36.6. The van der Waals surface area contributed by atoms with Crippen LogP contribution in [-0.2, 0) is 0 Å². The molecule has 0 unspecified atom stereocenters. The molecule has 0 spiro atoms. The predicted molar refractivity (Wildman–Crippen MR) is 113 cm³/mol. The van der Waals surface area contributed by atoms with E-state index in [1.807, 2.05) is 0 Å². The van der Waals surface area contributed by atoms with Gasteiger partial charge in [-0.2, -0.15) is 4.68 Å². The number of primary amides is 1. The molecule has 202 valence electrons. The first-order valence-corrected chi connectivity index (χ1v) is 10.7. The van der Waals surface area contributed by atoms with Crippen LogP contribution in [-0.4, -0.2) is 49.3 Å². The number of hydrogen-bond acceptors (Lipinski definition) is 8. The molecule has 2 amide bonds. The lowest BCUT2D eigenvalue weighted by atomic mass is 10.1. The van der Waals surface area contributed by atoms with Crippen LogP contribution in [0.2, 0.25) is 0 Å². The molecular weight excluding hydrogens is 528 g/mol. The fraction of sp³-hybridized carbons (Fsp3) is 0.333. The normalized spacial score (nSPS) is 14.6. The van der Waals surface area contributed by atoms with Crippen molar-refractivity contribution in [2.24, 2.45) is 5.73 Å². The van der Waals surface area contributed by atoms with E-state index in [2.05, 4.69) is 34.8 Å². The number of nitrogens with two attached hydrogens (primary N) is 1. The maximum atomic E-state index is 12.9. The number of halogens is 6. The molecule has 1 saturated carbocycles. The fourth-order valence-corrected chi connectivity index (χ4v) is 3.33. The van der Waals surface area contributed by atoms with Gasteiger partial charge in [0.2, 0.25) is 0 Å². The standard InChI is InChI=1S/C21H17F6N7O4/c1-9(18-32-17(10-2-3-10)33-34(18)15-7-14(16(28)35)29-8-30-15)31-19(36)11-4-12(37-20(22,23)24)6-13(5-11)38-21(25,26)27/h4-10H,2-3H2,1H3,(H2,28,35)(H,31,36)/t9-/m0/s1. The summed E-state index contributed by atoms with van der Waals surface area (Å²) in [7, 11) is 0. The fourth-order valence-electron chi connectivity index (χ4n) is 3.33. The van der Waals surface area contributed by atoms with Crippen LogP contribution < -0.4 is 20.5 Å². The van der Waals surface area contributed by atoms with Gasteiger partial charge >= 0.3 is 12.7 Å². The molecule has 0 saturated heterocycles. The second-order valence-corrected chi connectivity index (χ2v) is 8.12. The van der Waals surface area contributed by atoms with Gasteiger partial charge in [0.1, 0.15) is 23.5 Å². The first-order valence-electron chi connectivity index (χ1n) is 10.7. The Morgan fingerprint density at radius 1 is 1.03 bits per heavy atom. The number of nitrogens with zero attached hydrogens (tertiary/aromatic N) is 5. The van der Waals surface area contributed by atoms with Crippen molar-refractivity contribution < 1.29 is 45.4 Å². The Morgan fingerprint density at radius 2 is 1.63 bits per heavy atom. The number of benzene rings is 1. The lowest BCUT2D eigenvalue weighted by Crippen LogP contribution is -2.29. The zero-order chi connectivity index (χ0) is 27.8.